The number of carbonyl (C=O) groups excluding carboxylic acids is 1. The highest BCUT2D eigenvalue weighted by atomic mass is 32.1. The Labute approximate surface area is 136 Å². The Kier molecular flexibility index (Phi) is 6.24. The highest BCUT2D eigenvalue weighted by molar-refractivity contribution is 7.15. The number of nitrogens with two attached hydrogens (primary N) is 2. The van der Waals surface area contributed by atoms with E-state index < -0.39 is 11.7 Å². The van der Waals surface area contributed by atoms with Gasteiger partial charge in [-0.3, -0.25) is 4.79 Å². The minimum atomic E-state index is -0.500. The lowest BCUT2D eigenvalue weighted by atomic mass is 10.1. The van der Waals surface area contributed by atoms with Crippen molar-refractivity contribution in [3.8, 4) is 5.75 Å². The molecule has 2 rings (SSSR count). The lowest BCUT2D eigenvalue weighted by Crippen LogP contribution is -2.26. The molecule has 2 aromatic rings. The fourth-order valence-electron chi connectivity index (χ4n) is 1.88. The summed E-state index contributed by atoms with van der Waals surface area (Å²) in [6.45, 7) is 0.985. The molecule has 0 bridgehead atoms. The van der Waals surface area contributed by atoms with E-state index in [0.29, 0.717) is 36.8 Å². The largest absolute Gasteiger partial charge is 0.491 e. The molecule has 0 fully saturated rings. The van der Waals surface area contributed by atoms with Gasteiger partial charge in [-0.2, -0.15) is 0 Å². The number of carbonyl (C=O) groups is 1. The number of anilines is 1. The molecular formula is C14H18FN5O2S. The van der Waals surface area contributed by atoms with Crippen LogP contribution in [0, 0.1) is 5.82 Å². The van der Waals surface area contributed by atoms with Crippen LogP contribution in [-0.2, 0) is 6.42 Å². The highest BCUT2D eigenvalue weighted by Crippen LogP contribution is 2.19. The molecule has 0 aliphatic carbocycles. The average molecular weight is 339 g/mol. The number of rotatable bonds is 8. The molecule has 0 saturated heterocycles. The lowest BCUT2D eigenvalue weighted by molar-refractivity contribution is 0.0948. The predicted molar refractivity (Wildman–Crippen MR) is 85.9 cm³/mol. The van der Waals surface area contributed by atoms with Crippen molar-refractivity contribution in [2.45, 2.75) is 12.8 Å². The van der Waals surface area contributed by atoms with Crippen LogP contribution in [0.1, 0.15) is 21.8 Å². The van der Waals surface area contributed by atoms with Crippen LogP contribution in [0.15, 0.2) is 18.2 Å². The number of nitrogens with one attached hydrogen (secondary N) is 1. The van der Waals surface area contributed by atoms with E-state index in [-0.39, 0.29) is 12.2 Å². The maximum atomic E-state index is 13.4. The van der Waals surface area contributed by atoms with E-state index in [1.54, 1.807) is 0 Å². The first-order valence-electron chi connectivity index (χ1n) is 7.08. The summed E-state index contributed by atoms with van der Waals surface area (Å²) in [5, 5.41) is 11.6. The van der Waals surface area contributed by atoms with Gasteiger partial charge >= 0.3 is 0 Å². The van der Waals surface area contributed by atoms with E-state index >= 15 is 0 Å². The molecule has 0 unspecified atom stereocenters. The molecular weight excluding hydrogens is 321 g/mol. The van der Waals surface area contributed by atoms with Gasteiger partial charge in [0, 0.05) is 19.5 Å². The van der Waals surface area contributed by atoms with Crippen molar-refractivity contribution < 1.29 is 13.9 Å². The Morgan fingerprint density at radius 1 is 1.39 bits per heavy atom. The van der Waals surface area contributed by atoms with Gasteiger partial charge in [-0.1, -0.05) is 11.3 Å². The molecule has 0 radical (unpaired) electrons. The summed E-state index contributed by atoms with van der Waals surface area (Å²) in [4.78, 5) is 12.2. The van der Waals surface area contributed by atoms with E-state index in [0.717, 1.165) is 11.1 Å². The standard InChI is InChI=1S/C14H18FN5O2S/c15-9-3-4-11(22-7-5-16)10(8-9)13(21)18-6-1-2-12-19-20-14(17)23-12/h3-4,8H,1-2,5-7,16H2,(H2,17,20)(H,18,21). The normalized spacial score (nSPS) is 10.5. The average Bonchev–Trinajstić information content (AvgIpc) is 2.95. The number of hydrogen-bond acceptors (Lipinski definition) is 7. The third-order valence-corrected chi connectivity index (χ3v) is 3.71. The Bertz CT molecular complexity index is 664. The van der Waals surface area contributed by atoms with E-state index in [4.69, 9.17) is 16.2 Å². The van der Waals surface area contributed by atoms with Gasteiger partial charge in [0.05, 0.1) is 5.56 Å². The minimum absolute atomic E-state index is 0.151. The second-order valence-corrected chi connectivity index (χ2v) is 5.76. The Morgan fingerprint density at radius 2 is 2.22 bits per heavy atom. The zero-order valence-electron chi connectivity index (χ0n) is 12.4. The number of halogens is 1. The fourth-order valence-corrected chi connectivity index (χ4v) is 2.53. The van der Waals surface area contributed by atoms with E-state index in [9.17, 15) is 9.18 Å². The quantitative estimate of drug-likeness (QED) is 0.617. The number of amides is 1. The van der Waals surface area contributed by atoms with Gasteiger partial charge < -0.3 is 21.5 Å². The number of nitrogen functional groups attached to an aromatic ring is 1. The molecule has 0 spiro atoms. The molecule has 0 aliphatic rings. The van der Waals surface area contributed by atoms with Crippen molar-refractivity contribution in [1.82, 2.24) is 15.5 Å². The number of hydrogen-bond donors (Lipinski definition) is 3. The number of aryl methyl sites for hydroxylation is 1. The molecule has 7 nitrogen and oxygen atoms in total. The molecule has 0 atom stereocenters. The maximum Gasteiger partial charge on any atom is 0.255 e. The van der Waals surface area contributed by atoms with Gasteiger partial charge in [0.25, 0.3) is 5.91 Å². The first kappa shape index (κ1) is 17.1. The molecule has 9 heteroatoms. The number of nitrogens with zero attached hydrogens (tertiary/aromatic N) is 2. The van der Waals surface area contributed by atoms with Crippen LogP contribution in [0.25, 0.3) is 0 Å². The predicted octanol–water partition coefficient (Wildman–Crippen LogP) is 0.959. The van der Waals surface area contributed by atoms with Crippen molar-refractivity contribution in [2.75, 3.05) is 25.4 Å². The monoisotopic (exact) mass is 339 g/mol. The number of aromatic nitrogens is 2. The zero-order chi connectivity index (χ0) is 16.7. The van der Waals surface area contributed by atoms with E-state index in [2.05, 4.69) is 15.5 Å². The zero-order valence-corrected chi connectivity index (χ0v) is 13.2. The topological polar surface area (TPSA) is 116 Å². The summed E-state index contributed by atoms with van der Waals surface area (Å²) in [5.41, 5.74) is 11.0. The Balaban J connectivity index is 1.88. The Hall–Kier alpha value is -2.26. The molecule has 5 N–H and O–H groups in total. The summed E-state index contributed by atoms with van der Waals surface area (Å²) < 4.78 is 18.7. The van der Waals surface area contributed by atoms with Gasteiger partial charge in [0.2, 0.25) is 5.13 Å². The molecule has 1 aromatic heterocycles. The molecule has 0 aliphatic heterocycles. The van der Waals surface area contributed by atoms with Gasteiger partial charge in [-0.25, -0.2) is 4.39 Å². The molecule has 124 valence electrons. The van der Waals surface area contributed by atoms with Crippen LogP contribution in [0.5, 0.6) is 5.75 Å². The minimum Gasteiger partial charge on any atom is -0.491 e. The first-order valence-corrected chi connectivity index (χ1v) is 7.90. The van der Waals surface area contributed by atoms with Gasteiger partial charge in [-0.15, -0.1) is 10.2 Å². The van der Waals surface area contributed by atoms with Gasteiger partial charge in [-0.05, 0) is 24.6 Å². The van der Waals surface area contributed by atoms with Gasteiger partial charge in [0.1, 0.15) is 23.2 Å². The van der Waals surface area contributed by atoms with Crippen LogP contribution in [0.4, 0.5) is 9.52 Å². The summed E-state index contributed by atoms with van der Waals surface area (Å²) in [5.74, 6) is -0.584. The number of benzene rings is 1. The third-order valence-electron chi connectivity index (χ3n) is 2.90. The first-order chi connectivity index (χ1) is 11.1. The van der Waals surface area contributed by atoms with Crippen molar-refractivity contribution in [1.29, 1.82) is 0 Å². The van der Waals surface area contributed by atoms with E-state index in [1.807, 2.05) is 0 Å². The van der Waals surface area contributed by atoms with Crippen molar-refractivity contribution in [3.63, 3.8) is 0 Å². The molecule has 1 aromatic carbocycles. The fraction of sp³-hybridized carbons (Fsp3) is 0.357. The second kappa shape index (κ2) is 8.39. The van der Waals surface area contributed by atoms with Crippen LogP contribution < -0.4 is 21.5 Å². The van der Waals surface area contributed by atoms with Crippen LogP contribution in [0.3, 0.4) is 0 Å². The molecule has 1 heterocycles. The molecule has 0 saturated carbocycles. The smallest absolute Gasteiger partial charge is 0.255 e. The van der Waals surface area contributed by atoms with Crippen LogP contribution in [0.2, 0.25) is 0 Å². The van der Waals surface area contributed by atoms with Crippen molar-refractivity contribution >= 4 is 22.4 Å². The van der Waals surface area contributed by atoms with E-state index in [1.165, 1.54) is 23.5 Å². The van der Waals surface area contributed by atoms with Crippen LogP contribution in [-0.4, -0.2) is 35.8 Å². The van der Waals surface area contributed by atoms with Crippen molar-refractivity contribution in [3.05, 3.63) is 34.6 Å². The number of ether oxygens (including phenoxy) is 1. The summed E-state index contributed by atoms with van der Waals surface area (Å²) >= 11 is 1.32. The maximum absolute atomic E-state index is 13.4. The molecule has 1 amide bonds. The Morgan fingerprint density at radius 3 is 2.91 bits per heavy atom. The second-order valence-electron chi connectivity index (χ2n) is 4.67. The van der Waals surface area contributed by atoms with Crippen molar-refractivity contribution in [2.24, 2.45) is 5.73 Å². The summed E-state index contributed by atoms with van der Waals surface area (Å²) in [7, 11) is 0. The lowest BCUT2D eigenvalue weighted by Gasteiger charge is -2.11. The summed E-state index contributed by atoms with van der Waals surface area (Å²) in [6, 6.07) is 3.80. The summed E-state index contributed by atoms with van der Waals surface area (Å²) in [6.07, 6.45) is 1.34. The SMILES string of the molecule is NCCOc1ccc(F)cc1C(=O)NCCCc1nnc(N)s1. The van der Waals surface area contributed by atoms with Crippen LogP contribution >= 0.6 is 11.3 Å². The molecule has 23 heavy (non-hydrogen) atoms. The van der Waals surface area contributed by atoms with Gasteiger partial charge in [0.15, 0.2) is 0 Å². The highest BCUT2D eigenvalue weighted by Gasteiger charge is 2.13. The third kappa shape index (κ3) is 5.15.